The molecule has 1 aromatic carbocycles. The normalized spacial score (nSPS) is 14.0. The number of carbonyl (C=O) groups excluding carboxylic acids is 2. The Hall–Kier alpha value is -2.94. The van der Waals surface area contributed by atoms with Gasteiger partial charge in [-0.3, -0.25) is 4.79 Å². The van der Waals surface area contributed by atoms with Gasteiger partial charge in [0, 0.05) is 0 Å². The van der Waals surface area contributed by atoms with Gasteiger partial charge in [-0.15, -0.1) is 5.73 Å². The van der Waals surface area contributed by atoms with Crippen molar-refractivity contribution in [3.05, 3.63) is 86.7 Å². The summed E-state index contributed by atoms with van der Waals surface area (Å²) in [5.41, 5.74) is 3.42. The number of rotatable bonds is 2. The van der Waals surface area contributed by atoms with Gasteiger partial charge in [0.05, 0.1) is 6.42 Å². The molecule has 4 nitrogen and oxygen atoms in total. The second-order valence-corrected chi connectivity index (χ2v) is 3.85. The summed E-state index contributed by atoms with van der Waals surface area (Å²) in [4.78, 5) is 20.2. The second-order valence-electron chi connectivity index (χ2n) is 3.85. The number of cyclic esters (lactones) is 2. The highest BCUT2D eigenvalue weighted by Gasteiger charge is 2.30. The minimum atomic E-state index is -1.22. The molecular formula is C19H22O4. The molecule has 1 fully saturated rings. The molecule has 1 aromatic rings. The maximum atomic E-state index is 10.1. The molecule has 0 bridgehead atoms. The molecule has 0 radical (unpaired) electrons. The molecule has 23 heavy (non-hydrogen) atoms. The van der Waals surface area contributed by atoms with Crippen LogP contribution in [0.2, 0.25) is 0 Å². The van der Waals surface area contributed by atoms with E-state index in [-0.39, 0.29) is 6.42 Å². The molecule has 0 aromatic heterocycles. The van der Waals surface area contributed by atoms with Crippen LogP contribution in [0, 0.1) is 0 Å². The van der Waals surface area contributed by atoms with Gasteiger partial charge in [0.2, 0.25) is 0 Å². The van der Waals surface area contributed by atoms with E-state index >= 15 is 0 Å². The number of esters is 2. The Kier molecular flexibility index (Phi) is 15.0. The van der Waals surface area contributed by atoms with Crippen molar-refractivity contribution in [1.29, 1.82) is 0 Å². The van der Waals surface area contributed by atoms with Crippen molar-refractivity contribution in [3.8, 4) is 0 Å². The molecule has 1 saturated heterocycles. The summed E-state index contributed by atoms with van der Waals surface area (Å²) < 4.78 is 3.95. The number of hydrogen-bond donors (Lipinski definition) is 1. The van der Waals surface area contributed by atoms with E-state index in [4.69, 9.17) is 5.11 Å². The first kappa shape index (κ1) is 22.3. The van der Waals surface area contributed by atoms with Crippen LogP contribution in [0.1, 0.15) is 12.0 Å². The van der Waals surface area contributed by atoms with Gasteiger partial charge in [-0.1, -0.05) is 81.5 Å². The monoisotopic (exact) mass is 314 g/mol. The van der Waals surface area contributed by atoms with Crippen molar-refractivity contribution < 1.29 is 19.4 Å². The molecule has 1 heterocycles. The SMILES string of the molecule is C=C=C.C=CC=C.C=Cc1ccccc1.O=C1CC(O)C(=O)O1. The summed E-state index contributed by atoms with van der Waals surface area (Å²) in [5.74, 6) is -1.49. The van der Waals surface area contributed by atoms with E-state index in [1.165, 1.54) is 5.56 Å². The third-order valence-corrected chi connectivity index (χ3v) is 2.05. The molecule has 0 amide bonds. The fourth-order valence-electron chi connectivity index (χ4n) is 1.05. The Morgan fingerprint density at radius 1 is 1.09 bits per heavy atom. The number of allylic oxidation sites excluding steroid dienone is 2. The number of benzene rings is 1. The molecule has 0 saturated carbocycles. The van der Waals surface area contributed by atoms with Crippen LogP contribution in [0.15, 0.2) is 81.1 Å². The summed E-state index contributed by atoms with van der Waals surface area (Å²) in [5, 5.41) is 8.47. The van der Waals surface area contributed by atoms with Crippen LogP contribution in [0.5, 0.6) is 0 Å². The third kappa shape index (κ3) is 13.8. The fourth-order valence-corrected chi connectivity index (χ4v) is 1.05. The predicted octanol–water partition coefficient (Wildman–Crippen LogP) is 3.47. The first-order valence-electron chi connectivity index (χ1n) is 6.59. The van der Waals surface area contributed by atoms with E-state index in [9.17, 15) is 9.59 Å². The van der Waals surface area contributed by atoms with Crippen molar-refractivity contribution in [2.45, 2.75) is 12.5 Å². The number of carbonyl (C=O) groups is 2. The lowest BCUT2D eigenvalue weighted by atomic mass is 10.2. The lowest BCUT2D eigenvalue weighted by Crippen LogP contribution is -2.11. The fraction of sp³-hybridized carbons (Fsp3) is 0.105. The molecule has 4 heteroatoms. The highest BCUT2D eigenvalue weighted by atomic mass is 16.6. The van der Waals surface area contributed by atoms with Crippen LogP contribution in [-0.4, -0.2) is 23.1 Å². The summed E-state index contributed by atoms with van der Waals surface area (Å²) in [6, 6.07) is 10.0. The zero-order chi connectivity index (χ0) is 18.1. The van der Waals surface area contributed by atoms with E-state index in [0.29, 0.717) is 0 Å². The van der Waals surface area contributed by atoms with E-state index in [1.54, 1.807) is 12.2 Å². The maximum Gasteiger partial charge on any atom is 0.343 e. The van der Waals surface area contributed by atoms with Crippen LogP contribution in [0.4, 0.5) is 0 Å². The van der Waals surface area contributed by atoms with Crippen molar-refractivity contribution >= 4 is 18.0 Å². The van der Waals surface area contributed by atoms with Gasteiger partial charge < -0.3 is 9.84 Å². The molecule has 122 valence electrons. The number of aliphatic hydroxyl groups is 1. The van der Waals surface area contributed by atoms with Crippen LogP contribution in [0.3, 0.4) is 0 Å². The van der Waals surface area contributed by atoms with Gasteiger partial charge in [0.25, 0.3) is 0 Å². The number of hydrogen-bond acceptors (Lipinski definition) is 4. The minimum absolute atomic E-state index is 0.196. The molecule has 0 spiro atoms. The Morgan fingerprint density at radius 3 is 1.74 bits per heavy atom. The molecule has 1 N–H and O–H groups in total. The second kappa shape index (κ2) is 15.4. The Bertz CT molecular complexity index is 532. The van der Waals surface area contributed by atoms with E-state index in [0.717, 1.165) is 0 Å². The highest BCUT2D eigenvalue weighted by molar-refractivity contribution is 5.95. The molecule has 2 rings (SSSR count). The predicted molar refractivity (Wildman–Crippen MR) is 93.4 cm³/mol. The van der Waals surface area contributed by atoms with Crippen LogP contribution >= 0.6 is 0 Å². The molecule has 0 aliphatic carbocycles. The Balaban J connectivity index is 0. The van der Waals surface area contributed by atoms with Crippen molar-refractivity contribution in [1.82, 2.24) is 0 Å². The Morgan fingerprint density at radius 2 is 1.57 bits per heavy atom. The quantitative estimate of drug-likeness (QED) is 0.393. The van der Waals surface area contributed by atoms with Gasteiger partial charge in [0.15, 0.2) is 6.10 Å². The zero-order valence-electron chi connectivity index (χ0n) is 13.1. The first-order chi connectivity index (χ1) is 11.0. The zero-order valence-corrected chi connectivity index (χ0v) is 13.1. The standard InChI is InChI=1S/C8H8.C4H4O4.C4H6.C3H4/c1-2-8-6-4-3-5-7-8;5-2-1-3(6)8-4(2)7;1-3-4-2;1-3-2/h2-7H,1H2;2,5H,1H2;3-4H,1-2H2;1-2H2. The van der Waals surface area contributed by atoms with Crippen molar-refractivity contribution in [2.24, 2.45) is 0 Å². The maximum absolute atomic E-state index is 10.1. The van der Waals surface area contributed by atoms with Crippen LogP contribution in [0.25, 0.3) is 6.08 Å². The average Bonchev–Trinajstić information content (AvgIpc) is 2.85. The van der Waals surface area contributed by atoms with Crippen molar-refractivity contribution in [3.63, 3.8) is 0 Å². The number of aliphatic hydroxyl groups excluding tert-OH is 1. The lowest BCUT2D eigenvalue weighted by Gasteiger charge is -1.86. The van der Waals surface area contributed by atoms with Gasteiger partial charge in [-0.05, 0) is 5.56 Å². The summed E-state index contributed by atoms with van der Waals surface area (Å²) in [7, 11) is 0. The van der Waals surface area contributed by atoms with Gasteiger partial charge >= 0.3 is 11.9 Å². The molecule has 1 unspecified atom stereocenters. The number of ether oxygens (including phenoxy) is 1. The minimum Gasteiger partial charge on any atom is -0.391 e. The summed E-state index contributed by atoms with van der Waals surface area (Å²) in [6.45, 7) is 16.6. The van der Waals surface area contributed by atoms with E-state index < -0.39 is 18.0 Å². The largest absolute Gasteiger partial charge is 0.391 e. The topological polar surface area (TPSA) is 63.6 Å². The van der Waals surface area contributed by atoms with E-state index in [2.05, 4.69) is 43.4 Å². The average molecular weight is 314 g/mol. The van der Waals surface area contributed by atoms with Crippen molar-refractivity contribution in [2.75, 3.05) is 0 Å². The van der Waals surface area contributed by atoms with Crippen LogP contribution < -0.4 is 0 Å². The Labute approximate surface area is 137 Å². The van der Waals surface area contributed by atoms with Gasteiger partial charge in [-0.2, -0.15) is 0 Å². The van der Waals surface area contributed by atoms with E-state index in [1.807, 2.05) is 36.4 Å². The van der Waals surface area contributed by atoms with Gasteiger partial charge in [-0.25, -0.2) is 4.79 Å². The lowest BCUT2D eigenvalue weighted by molar-refractivity contribution is -0.154. The molecule has 1 aliphatic rings. The highest BCUT2D eigenvalue weighted by Crippen LogP contribution is 2.05. The summed E-state index contributed by atoms with van der Waals surface area (Å²) in [6.07, 6.45) is 3.70. The molecular weight excluding hydrogens is 292 g/mol. The third-order valence-electron chi connectivity index (χ3n) is 2.05. The molecule has 1 atom stereocenters. The van der Waals surface area contributed by atoms with Crippen LogP contribution in [-0.2, 0) is 14.3 Å². The smallest absolute Gasteiger partial charge is 0.343 e. The first-order valence-corrected chi connectivity index (χ1v) is 6.59. The van der Waals surface area contributed by atoms with Gasteiger partial charge in [0.1, 0.15) is 0 Å². The summed E-state index contributed by atoms with van der Waals surface area (Å²) >= 11 is 0. The molecule has 1 aliphatic heterocycles.